The standard InChI is InChI=1S/C12H16BrNO/c1-8-3-4-12(10(13)7-8)14-11-5-6-15-9(11)2/h3-4,7,9,11,14H,5-6H2,1-2H3/t9-,11+/m0/s1. The molecule has 0 radical (unpaired) electrons. The van der Waals surface area contributed by atoms with Gasteiger partial charge in [0.2, 0.25) is 0 Å². The highest BCUT2D eigenvalue weighted by atomic mass is 79.9. The Labute approximate surface area is 99.1 Å². The lowest BCUT2D eigenvalue weighted by molar-refractivity contribution is 0.121. The Kier molecular flexibility index (Phi) is 3.32. The predicted octanol–water partition coefficient (Wildman–Crippen LogP) is 3.35. The van der Waals surface area contributed by atoms with Crippen molar-refractivity contribution in [3.8, 4) is 0 Å². The summed E-state index contributed by atoms with van der Waals surface area (Å²) >= 11 is 3.57. The van der Waals surface area contributed by atoms with Crippen LogP contribution in [0.1, 0.15) is 18.9 Å². The fourth-order valence-corrected chi connectivity index (χ4v) is 2.47. The topological polar surface area (TPSA) is 21.3 Å². The third-order valence-electron chi connectivity index (χ3n) is 2.84. The highest BCUT2D eigenvalue weighted by Crippen LogP contribution is 2.26. The molecule has 1 aromatic carbocycles. The summed E-state index contributed by atoms with van der Waals surface area (Å²) in [5, 5.41) is 3.51. The normalized spacial score (nSPS) is 25.5. The SMILES string of the molecule is Cc1ccc(N[C@@H]2CCO[C@H]2C)c(Br)c1. The van der Waals surface area contributed by atoms with E-state index in [1.54, 1.807) is 0 Å². The van der Waals surface area contributed by atoms with E-state index in [4.69, 9.17) is 4.74 Å². The first kappa shape index (κ1) is 11.0. The van der Waals surface area contributed by atoms with Crippen molar-refractivity contribution in [2.45, 2.75) is 32.4 Å². The number of benzene rings is 1. The summed E-state index contributed by atoms with van der Waals surface area (Å²) in [5.74, 6) is 0. The van der Waals surface area contributed by atoms with Crippen molar-refractivity contribution in [3.63, 3.8) is 0 Å². The Balaban J connectivity index is 2.10. The molecule has 1 aliphatic heterocycles. The van der Waals surface area contributed by atoms with Crippen molar-refractivity contribution < 1.29 is 4.74 Å². The number of nitrogens with one attached hydrogen (secondary N) is 1. The summed E-state index contributed by atoms with van der Waals surface area (Å²) in [6, 6.07) is 6.80. The summed E-state index contributed by atoms with van der Waals surface area (Å²) in [6.07, 6.45) is 1.39. The number of aryl methyl sites for hydroxylation is 1. The van der Waals surface area contributed by atoms with Crippen LogP contribution in [0.25, 0.3) is 0 Å². The summed E-state index contributed by atoms with van der Waals surface area (Å²) in [6.45, 7) is 5.07. The maximum Gasteiger partial charge on any atom is 0.0748 e. The Morgan fingerprint density at radius 3 is 2.87 bits per heavy atom. The zero-order chi connectivity index (χ0) is 10.8. The van der Waals surface area contributed by atoms with Gasteiger partial charge in [-0.3, -0.25) is 0 Å². The monoisotopic (exact) mass is 269 g/mol. The van der Waals surface area contributed by atoms with Gasteiger partial charge in [0.1, 0.15) is 0 Å². The number of rotatable bonds is 2. The molecule has 1 saturated heterocycles. The van der Waals surface area contributed by atoms with E-state index in [0.717, 1.165) is 23.2 Å². The molecular weight excluding hydrogens is 254 g/mol. The maximum atomic E-state index is 5.52. The van der Waals surface area contributed by atoms with Crippen molar-refractivity contribution in [3.05, 3.63) is 28.2 Å². The molecular formula is C12H16BrNO. The lowest BCUT2D eigenvalue weighted by atomic mass is 10.1. The molecule has 0 amide bonds. The van der Waals surface area contributed by atoms with Crippen LogP contribution in [0, 0.1) is 6.92 Å². The van der Waals surface area contributed by atoms with Gasteiger partial charge in [-0.25, -0.2) is 0 Å². The van der Waals surface area contributed by atoms with Gasteiger partial charge in [0.25, 0.3) is 0 Å². The van der Waals surface area contributed by atoms with E-state index in [1.807, 2.05) is 0 Å². The molecule has 0 saturated carbocycles. The van der Waals surface area contributed by atoms with Gasteiger partial charge < -0.3 is 10.1 Å². The predicted molar refractivity (Wildman–Crippen MR) is 66.3 cm³/mol. The smallest absolute Gasteiger partial charge is 0.0748 e. The van der Waals surface area contributed by atoms with E-state index in [2.05, 4.69) is 53.3 Å². The Morgan fingerprint density at radius 2 is 2.27 bits per heavy atom. The summed E-state index contributed by atoms with van der Waals surface area (Å²) in [7, 11) is 0. The molecule has 1 fully saturated rings. The zero-order valence-electron chi connectivity index (χ0n) is 9.09. The molecule has 1 N–H and O–H groups in total. The molecule has 2 rings (SSSR count). The molecule has 0 unspecified atom stereocenters. The van der Waals surface area contributed by atoms with Gasteiger partial charge in [-0.1, -0.05) is 6.07 Å². The van der Waals surface area contributed by atoms with Crippen molar-refractivity contribution in [1.82, 2.24) is 0 Å². The van der Waals surface area contributed by atoms with Gasteiger partial charge in [0, 0.05) is 16.8 Å². The lowest BCUT2D eigenvalue weighted by Crippen LogP contribution is -2.26. The van der Waals surface area contributed by atoms with E-state index in [0.29, 0.717) is 12.1 Å². The molecule has 0 spiro atoms. The third-order valence-corrected chi connectivity index (χ3v) is 3.50. The quantitative estimate of drug-likeness (QED) is 0.889. The Morgan fingerprint density at radius 1 is 1.47 bits per heavy atom. The van der Waals surface area contributed by atoms with Crippen LogP contribution in [-0.4, -0.2) is 18.8 Å². The van der Waals surface area contributed by atoms with Gasteiger partial charge >= 0.3 is 0 Å². The van der Waals surface area contributed by atoms with Crippen molar-refractivity contribution in [1.29, 1.82) is 0 Å². The van der Waals surface area contributed by atoms with Gasteiger partial charge in [-0.2, -0.15) is 0 Å². The largest absolute Gasteiger partial charge is 0.379 e. The first-order chi connectivity index (χ1) is 7.16. The molecule has 1 aliphatic rings. The molecule has 3 heteroatoms. The first-order valence-electron chi connectivity index (χ1n) is 5.31. The lowest BCUT2D eigenvalue weighted by Gasteiger charge is -2.18. The second-order valence-corrected chi connectivity index (χ2v) is 4.95. The summed E-state index contributed by atoms with van der Waals surface area (Å²) in [4.78, 5) is 0. The van der Waals surface area contributed by atoms with Crippen molar-refractivity contribution in [2.75, 3.05) is 11.9 Å². The van der Waals surface area contributed by atoms with Crippen LogP contribution in [0.5, 0.6) is 0 Å². The number of hydrogen-bond donors (Lipinski definition) is 1. The minimum absolute atomic E-state index is 0.304. The molecule has 0 bridgehead atoms. The minimum atomic E-state index is 0.304. The number of hydrogen-bond acceptors (Lipinski definition) is 2. The molecule has 2 atom stereocenters. The van der Waals surface area contributed by atoms with E-state index in [9.17, 15) is 0 Å². The van der Waals surface area contributed by atoms with Crippen LogP contribution in [0.2, 0.25) is 0 Å². The highest BCUT2D eigenvalue weighted by Gasteiger charge is 2.24. The molecule has 1 aromatic rings. The van der Waals surface area contributed by atoms with Crippen LogP contribution in [0.4, 0.5) is 5.69 Å². The van der Waals surface area contributed by atoms with Crippen LogP contribution in [0.15, 0.2) is 22.7 Å². The molecule has 0 aliphatic carbocycles. The van der Waals surface area contributed by atoms with E-state index in [-0.39, 0.29) is 0 Å². The molecule has 2 nitrogen and oxygen atoms in total. The molecule has 15 heavy (non-hydrogen) atoms. The summed E-state index contributed by atoms with van der Waals surface area (Å²) < 4.78 is 6.65. The van der Waals surface area contributed by atoms with Gasteiger partial charge in [0.15, 0.2) is 0 Å². The van der Waals surface area contributed by atoms with Gasteiger partial charge in [-0.05, 0) is 53.9 Å². The number of anilines is 1. The molecule has 0 aromatic heterocycles. The number of ether oxygens (including phenoxy) is 1. The van der Waals surface area contributed by atoms with Crippen LogP contribution in [-0.2, 0) is 4.74 Å². The van der Waals surface area contributed by atoms with E-state index in [1.165, 1.54) is 5.56 Å². The average molecular weight is 270 g/mol. The second kappa shape index (κ2) is 4.54. The Hall–Kier alpha value is -0.540. The highest BCUT2D eigenvalue weighted by molar-refractivity contribution is 9.10. The maximum absolute atomic E-state index is 5.52. The van der Waals surface area contributed by atoms with Crippen molar-refractivity contribution >= 4 is 21.6 Å². The average Bonchev–Trinajstić information content (AvgIpc) is 2.57. The van der Waals surface area contributed by atoms with Crippen molar-refractivity contribution in [2.24, 2.45) is 0 Å². The van der Waals surface area contributed by atoms with Crippen LogP contribution in [0.3, 0.4) is 0 Å². The van der Waals surface area contributed by atoms with E-state index < -0.39 is 0 Å². The Bertz CT molecular complexity index is 353. The van der Waals surface area contributed by atoms with Gasteiger partial charge in [-0.15, -0.1) is 0 Å². The first-order valence-corrected chi connectivity index (χ1v) is 6.10. The fraction of sp³-hybridized carbons (Fsp3) is 0.500. The molecule has 82 valence electrons. The van der Waals surface area contributed by atoms with E-state index >= 15 is 0 Å². The fourth-order valence-electron chi connectivity index (χ4n) is 1.86. The van der Waals surface area contributed by atoms with Gasteiger partial charge in [0.05, 0.1) is 12.1 Å². The van der Waals surface area contributed by atoms with Crippen LogP contribution < -0.4 is 5.32 Å². The third kappa shape index (κ3) is 2.52. The molecule has 1 heterocycles. The number of halogens is 1. The second-order valence-electron chi connectivity index (χ2n) is 4.10. The minimum Gasteiger partial charge on any atom is -0.379 e. The van der Waals surface area contributed by atoms with Crippen LogP contribution >= 0.6 is 15.9 Å². The zero-order valence-corrected chi connectivity index (χ0v) is 10.7. The summed E-state index contributed by atoms with van der Waals surface area (Å²) in [5.41, 5.74) is 2.42.